The summed E-state index contributed by atoms with van der Waals surface area (Å²) >= 11 is 0. The third-order valence-electron chi connectivity index (χ3n) is 8.98. The topological polar surface area (TPSA) is 134 Å². The lowest BCUT2D eigenvalue weighted by molar-refractivity contribution is -0.125. The fraction of sp³-hybridized carbons (Fsp3) is 0.686. The smallest absolute Gasteiger partial charge is 0.410 e. The van der Waals surface area contributed by atoms with E-state index in [-0.39, 0.29) is 42.3 Å². The second kappa shape index (κ2) is 15.6. The van der Waals surface area contributed by atoms with Gasteiger partial charge in [-0.1, -0.05) is 19.9 Å². The van der Waals surface area contributed by atoms with Gasteiger partial charge >= 0.3 is 12.2 Å². The average molecular weight is 683 g/mol. The number of hydrogen-bond acceptors (Lipinski definition) is 10. The van der Waals surface area contributed by atoms with E-state index in [4.69, 9.17) is 19.2 Å². The van der Waals surface area contributed by atoms with E-state index in [0.29, 0.717) is 58.1 Å². The molecule has 2 atom stereocenters. The summed E-state index contributed by atoms with van der Waals surface area (Å²) in [5.74, 6) is 1.41. The van der Waals surface area contributed by atoms with E-state index in [2.05, 4.69) is 24.3 Å². The molecule has 0 aromatic carbocycles. The summed E-state index contributed by atoms with van der Waals surface area (Å²) in [5.41, 5.74) is 1.18. The molecule has 3 fully saturated rings. The zero-order valence-electron chi connectivity index (χ0n) is 30.2. The number of aromatic nitrogens is 3. The number of ether oxygens (including phenoxy) is 3. The molecule has 1 unspecified atom stereocenters. The van der Waals surface area contributed by atoms with Crippen LogP contribution < -0.4 is 10.1 Å². The molecule has 5 rings (SSSR count). The Morgan fingerprint density at radius 2 is 1.69 bits per heavy atom. The number of anilines is 1. The molecule has 0 spiro atoms. The molecule has 5 heterocycles. The zero-order chi connectivity index (χ0) is 35.3. The second-order valence-electron chi connectivity index (χ2n) is 14.9. The van der Waals surface area contributed by atoms with Gasteiger partial charge in [0.05, 0.1) is 19.3 Å². The van der Waals surface area contributed by atoms with Crippen molar-refractivity contribution < 1.29 is 28.6 Å². The highest BCUT2D eigenvalue weighted by Gasteiger charge is 2.32. The van der Waals surface area contributed by atoms with Gasteiger partial charge in [-0.15, -0.1) is 0 Å². The van der Waals surface area contributed by atoms with Crippen LogP contribution in [0.15, 0.2) is 24.4 Å². The van der Waals surface area contributed by atoms with Crippen LogP contribution in [0.1, 0.15) is 78.2 Å². The largest absolute Gasteiger partial charge is 0.472 e. The molecule has 270 valence electrons. The maximum Gasteiger partial charge on any atom is 0.410 e. The number of rotatable bonds is 9. The minimum absolute atomic E-state index is 0.0507. The van der Waals surface area contributed by atoms with Crippen molar-refractivity contribution in [3.05, 3.63) is 30.0 Å². The molecule has 0 aliphatic carbocycles. The first-order valence-corrected chi connectivity index (χ1v) is 17.6. The van der Waals surface area contributed by atoms with Gasteiger partial charge < -0.3 is 39.1 Å². The van der Waals surface area contributed by atoms with Crippen molar-refractivity contribution in [1.29, 1.82) is 0 Å². The van der Waals surface area contributed by atoms with Crippen molar-refractivity contribution in [3.63, 3.8) is 0 Å². The van der Waals surface area contributed by atoms with Crippen LogP contribution in [0, 0.1) is 0 Å². The average Bonchev–Trinajstić information content (AvgIpc) is 3.68. The van der Waals surface area contributed by atoms with E-state index in [9.17, 15) is 14.4 Å². The first-order chi connectivity index (χ1) is 23.3. The van der Waals surface area contributed by atoms with Crippen LogP contribution in [0.25, 0.3) is 5.65 Å². The molecular weight excluding hydrogens is 628 g/mol. The van der Waals surface area contributed by atoms with E-state index >= 15 is 0 Å². The van der Waals surface area contributed by atoms with Gasteiger partial charge in [-0.25, -0.2) is 9.59 Å². The third kappa shape index (κ3) is 9.77. The first-order valence-electron chi connectivity index (χ1n) is 17.6. The molecule has 0 bridgehead atoms. The SMILES string of the molecule is CC(C)c1cnn2c(NC3CCN(C(=O)OC4CCN(C(=O)/C=C/CN(C)C)C4)CC3)cc(O[C@@H]3CCCN(C(=O)OC(C)(C)C)C3)nc12. The summed E-state index contributed by atoms with van der Waals surface area (Å²) in [6.07, 6.45) is 7.84. The lowest BCUT2D eigenvalue weighted by Crippen LogP contribution is -2.46. The molecule has 49 heavy (non-hydrogen) atoms. The molecule has 14 nitrogen and oxygen atoms in total. The predicted molar refractivity (Wildman–Crippen MR) is 186 cm³/mol. The van der Waals surface area contributed by atoms with Gasteiger partial charge in [0.2, 0.25) is 11.8 Å². The van der Waals surface area contributed by atoms with Crippen LogP contribution in [0.4, 0.5) is 15.4 Å². The Bertz CT molecular complexity index is 1490. The van der Waals surface area contributed by atoms with Crippen molar-refractivity contribution in [2.75, 3.05) is 65.2 Å². The normalized spacial score (nSPS) is 20.9. The van der Waals surface area contributed by atoms with Crippen molar-refractivity contribution in [2.24, 2.45) is 0 Å². The van der Waals surface area contributed by atoms with Crippen molar-refractivity contribution >= 4 is 29.6 Å². The zero-order valence-corrected chi connectivity index (χ0v) is 30.2. The first kappa shape index (κ1) is 36.2. The van der Waals surface area contributed by atoms with Gasteiger partial charge in [0, 0.05) is 62.9 Å². The Morgan fingerprint density at radius 3 is 2.39 bits per heavy atom. The predicted octanol–water partition coefficient (Wildman–Crippen LogP) is 4.36. The summed E-state index contributed by atoms with van der Waals surface area (Å²) in [5, 5.41) is 8.30. The van der Waals surface area contributed by atoms with Crippen LogP contribution in [0.5, 0.6) is 5.88 Å². The second-order valence-corrected chi connectivity index (χ2v) is 14.9. The Morgan fingerprint density at radius 1 is 0.980 bits per heavy atom. The van der Waals surface area contributed by atoms with Crippen molar-refractivity contribution in [2.45, 2.75) is 96.5 Å². The Hall–Kier alpha value is -4.07. The maximum atomic E-state index is 13.0. The van der Waals surface area contributed by atoms with Crippen LogP contribution in [0.3, 0.4) is 0 Å². The highest BCUT2D eigenvalue weighted by atomic mass is 16.6. The van der Waals surface area contributed by atoms with E-state index < -0.39 is 5.60 Å². The van der Waals surface area contributed by atoms with Gasteiger partial charge in [0.1, 0.15) is 23.6 Å². The number of fused-ring (bicyclic) bond motifs is 1. The Kier molecular flexibility index (Phi) is 11.6. The molecule has 2 aromatic heterocycles. The summed E-state index contributed by atoms with van der Waals surface area (Å²) in [6.45, 7) is 13.7. The fourth-order valence-corrected chi connectivity index (χ4v) is 6.35. The lowest BCUT2D eigenvalue weighted by atomic mass is 10.1. The molecule has 14 heteroatoms. The quantitative estimate of drug-likeness (QED) is 0.381. The minimum Gasteiger partial charge on any atom is -0.472 e. The van der Waals surface area contributed by atoms with Gasteiger partial charge in [-0.2, -0.15) is 14.6 Å². The van der Waals surface area contributed by atoms with Crippen molar-refractivity contribution in [3.8, 4) is 5.88 Å². The molecule has 3 aliphatic heterocycles. The van der Waals surface area contributed by atoms with Gasteiger partial charge in [-0.05, 0) is 66.5 Å². The van der Waals surface area contributed by atoms with E-state index in [0.717, 1.165) is 42.7 Å². The Balaban J connectivity index is 1.18. The van der Waals surface area contributed by atoms with Crippen LogP contribution in [-0.4, -0.2) is 136 Å². The number of nitrogens with zero attached hydrogens (tertiary/aromatic N) is 7. The summed E-state index contributed by atoms with van der Waals surface area (Å²) in [4.78, 5) is 50.3. The number of carbonyl (C=O) groups excluding carboxylic acids is 3. The van der Waals surface area contributed by atoms with Crippen LogP contribution >= 0.6 is 0 Å². The highest BCUT2D eigenvalue weighted by Crippen LogP contribution is 2.28. The summed E-state index contributed by atoms with van der Waals surface area (Å²) in [7, 11) is 3.90. The number of likely N-dealkylation sites (tertiary alicyclic amines) is 3. The molecule has 3 saturated heterocycles. The number of nitrogens with one attached hydrogen (secondary N) is 1. The number of carbonyl (C=O) groups is 3. The summed E-state index contributed by atoms with van der Waals surface area (Å²) < 4.78 is 19.7. The monoisotopic (exact) mass is 682 g/mol. The molecule has 1 N–H and O–H groups in total. The van der Waals surface area contributed by atoms with E-state index in [1.807, 2.05) is 62.6 Å². The third-order valence-corrected chi connectivity index (χ3v) is 8.98. The molecular formula is C35H54N8O6. The highest BCUT2D eigenvalue weighted by molar-refractivity contribution is 5.87. The maximum absolute atomic E-state index is 13.0. The standard InChI is InChI=1S/C35H54N8O6/c1-24(2)28-21-36-43-29(20-30(38-32(28)43)47-26-10-8-16-42(23-26)34(46)49-35(3,4)5)37-25-12-17-40(18-13-25)33(45)48-27-14-19-41(22-27)31(44)11-9-15-39(6)7/h9,11,20-21,24-27,37H,8,10,12-19,22-23H2,1-7H3/b11-9+/t26-,27?/m1/s1. The Labute approximate surface area is 289 Å². The van der Waals surface area contributed by atoms with Gasteiger partial charge in [0.25, 0.3) is 0 Å². The molecule has 0 radical (unpaired) electrons. The van der Waals surface area contributed by atoms with E-state index in [1.54, 1.807) is 20.8 Å². The molecule has 3 amide bonds. The summed E-state index contributed by atoms with van der Waals surface area (Å²) in [6, 6.07) is 1.97. The molecule has 2 aromatic rings. The number of amides is 3. The minimum atomic E-state index is -0.563. The van der Waals surface area contributed by atoms with Gasteiger partial charge in [-0.3, -0.25) is 4.79 Å². The lowest BCUT2D eigenvalue weighted by Gasteiger charge is -2.34. The number of piperidine rings is 2. The molecule has 3 aliphatic rings. The van der Waals surface area contributed by atoms with E-state index in [1.165, 1.54) is 0 Å². The van der Waals surface area contributed by atoms with Crippen molar-refractivity contribution in [1.82, 2.24) is 34.2 Å². The number of likely N-dealkylation sites (N-methyl/N-ethyl adjacent to an activating group) is 1. The van der Waals surface area contributed by atoms with Gasteiger partial charge in [0.15, 0.2) is 5.65 Å². The fourth-order valence-electron chi connectivity index (χ4n) is 6.35. The number of hydrogen-bond donors (Lipinski definition) is 1. The van der Waals surface area contributed by atoms with Crippen LogP contribution in [0.2, 0.25) is 0 Å². The molecule has 0 saturated carbocycles. The van der Waals surface area contributed by atoms with Crippen LogP contribution in [-0.2, 0) is 14.3 Å².